The number of carbonyl (C=O) groups excluding carboxylic acids is 1. The molecule has 1 amide bonds. The molecule has 0 aliphatic rings. The van der Waals surface area contributed by atoms with Crippen LogP contribution in [0.1, 0.15) is 34.4 Å². The molecule has 0 spiro atoms. The lowest BCUT2D eigenvalue weighted by molar-refractivity contribution is 0.0741. The second-order valence-electron chi connectivity index (χ2n) is 6.66. The van der Waals surface area contributed by atoms with Crippen LogP contribution in [0.25, 0.3) is 0 Å². The van der Waals surface area contributed by atoms with Gasteiger partial charge in [-0.25, -0.2) is 4.98 Å². The van der Waals surface area contributed by atoms with Crippen LogP contribution < -0.4 is 14.2 Å². The molecule has 0 aliphatic heterocycles. The van der Waals surface area contributed by atoms with E-state index in [-0.39, 0.29) is 5.91 Å². The third kappa shape index (κ3) is 5.73. The maximum atomic E-state index is 13.0. The number of hydrogen-bond donors (Lipinski definition) is 0. The largest absolute Gasteiger partial charge is 0.497 e. The summed E-state index contributed by atoms with van der Waals surface area (Å²) in [5, 5.41) is 2.85. The summed E-state index contributed by atoms with van der Waals surface area (Å²) in [7, 11) is 3.23. The minimum absolute atomic E-state index is 0.0280. The first-order valence-corrected chi connectivity index (χ1v) is 10.6. The number of thiazole rings is 1. The third-order valence-corrected chi connectivity index (χ3v) is 5.34. The van der Waals surface area contributed by atoms with E-state index in [0.29, 0.717) is 31.0 Å². The van der Waals surface area contributed by atoms with Crippen molar-refractivity contribution in [3.8, 4) is 17.2 Å². The lowest BCUT2D eigenvalue weighted by atomic mass is 10.1. The molecule has 7 heteroatoms. The number of ether oxygens (including phenoxy) is 3. The molecule has 0 atom stereocenters. The Balaban J connectivity index is 1.63. The molecule has 0 fully saturated rings. The lowest BCUT2D eigenvalue weighted by Gasteiger charge is -2.21. The van der Waals surface area contributed by atoms with Crippen LogP contribution in [0.3, 0.4) is 0 Å². The highest BCUT2D eigenvalue weighted by Crippen LogP contribution is 2.21. The number of aromatic nitrogens is 1. The second-order valence-corrected chi connectivity index (χ2v) is 7.60. The lowest BCUT2D eigenvalue weighted by Crippen LogP contribution is -2.31. The molecule has 3 aromatic rings. The second kappa shape index (κ2) is 10.6. The molecule has 0 unspecified atom stereocenters. The number of nitrogens with zero attached hydrogens (tertiary/aromatic N) is 2. The third-order valence-electron chi connectivity index (χ3n) is 4.47. The molecule has 0 saturated heterocycles. The van der Waals surface area contributed by atoms with E-state index in [1.165, 1.54) is 11.3 Å². The van der Waals surface area contributed by atoms with Gasteiger partial charge in [-0.05, 0) is 48.9 Å². The summed E-state index contributed by atoms with van der Waals surface area (Å²) in [6.45, 7) is 3.56. The van der Waals surface area contributed by atoms with Crippen molar-refractivity contribution < 1.29 is 19.0 Å². The van der Waals surface area contributed by atoms with E-state index in [1.54, 1.807) is 20.3 Å². The molecular formula is C23H26N2O4S. The van der Waals surface area contributed by atoms with Crippen molar-refractivity contribution in [2.75, 3.05) is 20.8 Å². The molecule has 0 aliphatic carbocycles. The van der Waals surface area contributed by atoms with Gasteiger partial charge < -0.3 is 19.1 Å². The maximum absolute atomic E-state index is 13.0. The summed E-state index contributed by atoms with van der Waals surface area (Å²) in [5.41, 5.74) is 1.47. The smallest absolute Gasteiger partial charge is 0.254 e. The molecule has 1 aromatic heterocycles. The minimum atomic E-state index is -0.0280. The highest BCUT2D eigenvalue weighted by atomic mass is 32.1. The van der Waals surface area contributed by atoms with Gasteiger partial charge in [-0.1, -0.05) is 13.0 Å². The van der Waals surface area contributed by atoms with Crippen LogP contribution in [0, 0.1) is 0 Å². The number of methoxy groups -OCH3 is 2. The summed E-state index contributed by atoms with van der Waals surface area (Å²) in [6, 6.07) is 14.7. The van der Waals surface area contributed by atoms with Crippen LogP contribution in [0.5, 0.6) is 17.2 Å². The monoisotopic (exact) mass is 426 g/mol. The van der Waals surface area contributed by atoms with Gasteiger partial charge in [0.25, 0.3) is 5.91 Å². The van der Waals surface area contributed by atoms with Crippen molar-refractivity contribution in [2.45, 2.75) is 26.5 Å². The SMILES string of the molecule is CCCN(Cc1csc(COc2ccc(OC)cc2)n1)C(=O)c1cccc(OC)c1. The van der Waals surface area contributed by atoms with E-state index < -0.39 is 0 Å². The van der Waals surface area contributed by atoms with Crippen molar-refractivity contribution in [3.05, 3.63) is 70.2 Å². The molecule has 0 N–H and O–H groups in total. The fraction of sp³-hybridized carbons (Fsp3) is 0.304. The molecule has 3 rings (SSSR count). The average molecular weight is 427 g/mol. The standard InChI is InChI=1S/C23H26N2O4S/c1-4-12-25(23(26)17-6-5-7-21(13-17)28-3)14-18-16-30-22(24-18)15-29-20-10-8-19(27-2)9-11-20/h5-11,13,16H,4,12,14-15H2,1-3H3. The van der Waals surface area contributed by atoms with E-state index in [4.69, 9.17) is 14.2 Å². The van der Waals surface area contributed by atoms with Gasteiger partial charge in [0.2, 0.25) is 0 Å². The van der Waals surface area contributed by atoms with Crippen molar-refractivity contribution in [1.82, 2.24) is 9.88 Å². The van der Waals surface area contributed by atoms with Crippen molar-refractivity contribution in [2.24, 2.45) is 0 Å². The van der Waals surface area contributed by atoms with Gasteiger partial charge in [-0.3, -0.25) is 4.79 Å². The quantitative estimate of drug-likeness (QED) is 0.466. The number of amides is 1. The van der Waals surface area contributed by atoms with E-state index in [0.717, 1.165) is 28.6 Å². The van der Waals surface area contributed by atoms with Gasteiger partial charge in [0.1, 0.15) is 28.9 Å². The Labute approximate surface area is 181 Å². The first-order chi connectivity index (χ1) is 14.6. The first kappa shape index (κ1) is 21.6. The number of carbonyl (C=O) groups is 1. The highest BCUT2D eigenvalue weighted by molar-refractivity contribution is 7.09. The number of hydrogen-bond acceptors (Lipinski definition) is 6. The fourth-order valence-electron chi connectivity index (χ4n) is 2.96. The Morgan fingerprint density at radius 1 is 1.03 bits per heavy atom. The van der Waals surface area contributed by atoms with E-state index >= 15 is 0 Å². The highest BCUT2D eigenvalue weighted by Gasteiger charge is 2.17. The Morgan fingerprint density at radius 3 is 2.47 bits per heavy atom. The molecule has 2 aromatic carbocycles. The predicted octanol–water partition coefficient (Wildman–Crippen LogP) is 4.79. The predicted molar refractivity (Wildman–Crippen MR) is 117 cm³/mol. The fourth-order valence-corrected chi connectivity index (χ4v) is 3.66. The molecule has 1 heterocycles. The zero-order valence-corrected chi connectivity index (χ0v) is 18.3. The van der Waals surface area contributed by atoms with Crippen LogP contribution in [0.15, 0.2) is 53.9 Å². The summed E-state index contributed by atoms with van der Waals surface area (Å²) in [5.74, 6) is 2.19. The Bertz CT molecular complexity index is 956. The number of benzene rings is 2. The van der Waals surface area contributed by atoms with Crippen LogP contribution >= 0.6 is 11.3 Å². The van der Waals surface area contributed by atoms with Gasteiger partial charge in [0.05, 0.1) is 26.5 Å². The molecule has 30 heavy (non-hydrogen) atoms. The van der Waals surface area contributed by atoms with E-state index in [2.05, 4.69) is 11.9 Å². The zero-order valence-electron chi connectivity index (χ0n) is 17.5. The molecule has 0 bridgehead atoms. The summed E-state index contributed by atoms with van der Waals surface area (Å²) in [4.78, 5) is 19.4. The van der Waals surface area contributed by atoms with Crippen LogP contribution in [-0.4, -0.2) is 36.6 Å². The maximum Gasteiger partial charge on any atom is 0.254 e. The van der Waals surface area contributed by atoms with E-state index in [1.807, 2.05) is 52.7 Å². The van der Waals surface area contributed by atoms with Gasteiger partial charge in [-0.15, -0.1) is 11.3 Å². The Morgan fingerprint density at radius 2 is 1.77 bits per heavy atom. The summed E-state index contributed by atoms with van der Waals surface area (Å²) < 4.78 is 16.2. The van der Waals surface area contributed by atoms with Crippen LogP contribution in [0.4, 0.5) is 0 Å². The molecule has 6 nitrogen and oxygen atoms in total. The molecular weight excluding hydrogens is 400 g/mol. The zero-order chi connectivity index (χ0) is 21.3. The van der Waals surface area contributed by atoms with E-state index in [9.17, 15) is 4.79 Å². The first-order valence-electron chi connectivity index (χ1n) is 9.76. The molecule has 158 valence electrons. The summed E-state index contributed by atoms with van der Waals surface area (Å²) in [6.07, 6.45) is 0.868. The van der Waals surface area contributed by atoms with Crippen LogP contribution in [0.2, 0.25) is 0 Å². The number of rotatable bonds is 10. The topological polar surface area (TPSA) is 60.9 Å². The van der Waals surface area contributed by atoms with Crippen molar-refractivity contribution >= 4 is 17.2 Å². The average Bonchev–Trinajstić information content (AvgIpc) is 3.24. The normalized spacial score (nSPS) is 10.5. The minimum Gasteiger partial charge on any atom is -0.497 e. The van der Waals surface area contributed by atoms with Crippen molar-refractivity contribution in [3.63, 3.8) is 0 Å². The van der Waals surface area contributed by atoms with Gasteiger partial charge in [0, 0.05) is 17.5 Å². The van der Waals surface area contributed by atoms with Crippen molar-refractivity contribution in [1.29, 1.82) is 0 Å². The van der Waals surface area contributed by atoms with Gasteiger partial charge >= 0.3 is 0 Å². The van der Waals surface area contributed by atoms with Crippen LogP contribution in [-0.2, 0) is 13.2 Å². The Kier molecular flexibility index (Phi) is 7.68. The summed E-state index contributed by atoms with van der Waals surface area (Å²) >= 11 is 1.53. The molecule has 0 radical (unpaired) electrons. The Hall–Kier alpha value is -3.06. The van der Waals surface area contributed by atoms with Gasteiger partial charge in [-0.2, -0.15) is 0 Å². The van der Waals surface area contributed by atoms with Gasteiger partial charge in [0.15, 0.2) is 0 Å². The molecule has 0 saturated carbocycles.